The van der Waals surface area contributed by atoms with E-state index < -0.39 is 10.0 Å². The second-order valence-electron chi connectivity index (χ2n) is 4.94. The predicted molar refractivity (Wildman–Crippen MR) is 87.4 cm³/mol. The Balaban J connectivity index is 2.30. The molecule has 112 valence electrons. The van der Waals surface area contributed by atoms with Crippen LogP contribution in [0.1, 0.15) is 24.0 Å². The summed E-state index contributed by atoms with van der Waals surface area (Å²) in [6, 6.07) is 3.56. The molecule has 1 aliphatic rings. The molecule has 2 rings (SSSR count). The molecule has 20 heavy (non-hydrogen) atoms. The molecule has 1 aromatic carbocycles. The van der Waals surface area contributed by atoms with Gasteiger partial charge in [0.05, 0.1) is 4.90 Å². The molecule has 4 nitrogen and oxygen atoms in total. The average molecular weight is 379 g/mol. The van der Waals surface area contributed by atoms with E-state index in [9.17, 15) is 8.42 Å². The third-order valence-electron chi connectivity index (χ3n) is 3.36. The van der Waals surface area contributed by atoms with Gasteiger partial charge in [-0.3, -0.25) is 0 Å². The Hall–Kier alpha value is -0.0800. The first-order valence-corrected chi connectivity index (χ1v) is 9.96. The highest BCUT2D eigenvalue weighted by molar-refractivity contribution is 9.10. The average Bonchev–Trinajstić information content (AvgIpc) is 2.42. The normalized spacial score (nSPS) is 20.1. The maximum absolute atomic E-state index is 12.6. The number of sulfonamides is 1. The van der Waals surface area contributed by atoms with Crippen molar-refractivity contribution in [2.75, 3.05) is 11.5 Å². The lowest BCUT2D eigenvalue weighted by Gasteiger charge is -2.23. The van der Waals surface area contributed by atoms with E-state index in [-0.39, 0.29) is 6.04 Å². The Morgan fingerprint density at radius 1 is 1.50 bits per heavy atom. The first-order valence-electron chi connectivity index (χ1n) is 6.53. The summed E-state index contributed by atoms with van der Waals surface area (Å²) in [5, 5.41) is 0. The van der Waals surface area contributed by atoms with Gasteiger partial charge in [0, 0.05) is 22.8 Å². The van der Waals surface area contributed by atoms with E-state index in [1.165, 1.54) is 0 Å². The summed E-state index contributed by atoms with van der Waals surface area (Å²) in [5.41, 5.74) is 7.15. The van der Waals surface area contributed by atoms with Gasteiger partial charge in [-0.15, -0.1) is 0 Å². The molecule has 1 fully saturated rings. The lowest BCUT2D eigenvalue weighted by atomic mass is 10.1. The summed E-state index contributed by atoms with van der Waals surface area (Å²) in [6.45, 7) is 2.12. The summed E-state index contributed by atoms with van der Waals surface area (Å²) in [4.78, 5) is 0.322. The Morgan fingerprint density at radius 2 is 2.25 bits per heavy atom. The monoisotopic (exact) mass is 378 g/mol. The molecule has 0 spiro atoms. The Bertz CT molecular complexity index is 584. The molecule has 0 aromatic heterocycles. The number of hydrogen-bond donors (Lipinski definition) is 2. The first kappa shape index (κ1) is 16.3. The second-order valence-corrected chi connectivity index (χ2v) is 8.63. The Labute approximate surface area is 133 Å². The van der Waals surface area contributed by atoms with Crippen LogP contribution in [0.15, 0.2) is 21.5 Å². The van der Waals surface area contributed by atoms with Gasteiger partial charge in [-0.05, 0) is 48.8 Å². The molecule has 0 amide bonds. The molecular weight excluding hydrogens is 360 g/mol. The zero-order chi connectivity index (χ0) is 14.8. The molecule has 1 heterocycles. The Kier molecular flexibility index (Phi) is 5.53. The van der Waals surface area contributed by atoms with Crippen LogP contribution in [0.5, 0.6) is 0 Å². The molecule has 0 bridgehead atoms. The second kappa shape index (κ2) is 6.79. The summed E-state index contributed by atoms with van der Waals surface area (Å²) in [6.07, 6.45) is 1.96. The summed E-state index contributed by atoms with van der Waals surface area (Å²) in [5.74, 6) is 1.96. The fourth-order valence-corrected chi connectivity index (χ4v) is 5.62. The summed E-state index contributed by atoms with van der Waals surface area (Å²) < 4.78 is 28.7. The van der Waals surface area contributed by atoms with Crippen molar-refractivity contribution < 1.29 is 8.42 Å². The van der Waals surface area contributed by atoms with Gasteiger partial charge >= 0.3 is 0 Å². The number of halogens is 1. The minimum absolute atomic E-state index is 0.0264. The van der Waals surface area contributed by atoms with Gasteiger partial charge in [-0.1, -0.05) is 15.9 Å². The number of thioether (sulfide) groups is 1. The van der Waals surface area contributed by atoms with E-state index in [0.29, 0.717) is 11.4 Å². The number of benzene rings is 1. The fraction of sp³-hybridized carbons (Fsp3) is 0.538. The van der Waals surface area contributed by atoms with E-state index >= 15 is 0 Å². The maximum Gasteiger partial charge on any atom is 0.241 e. The summed E-state index contributed by atoms with van der Waals surface area (Å²) >= 11 is 5.20. The van der Waals surface area contributed by atoms with Gasteiger partial charge in [0.1, 0.15) is 0 Å². The van der Waals surface area contributed by atoms with Crippen molar-refractivity contribution in [3.8, 4) is 0 Å². The van der Waals surface area contributed by atoms with E-state index in [4.69, 9.17) is 5.73 Å². The van der Waals surface area contributed by atoms with Crippen molar-refractivity contribution in [2.45, 2.75) is 37.2 Å². The van der Waals surface area contributed by atoms with Gasteiger partial charge in [-0.25, -0.2) is 13.1 Å². The molecular formula is C13H19BrN2O2S2. The number of nitrogens with two attached hydrogens (primary N) is 1. The molecule has 1 aromatic rings. The minimum Gasteiger partial charge on any atom is -0.326 e. The van der Waals surface area contributed by atoms with Crippen LogP contribution in [0, 0.1) is 6.92 Å². The van der Waals surface area contributed by atoms with Crippen LogP contribution in [-0.2, 0) is 16.6 Å². The molecule has 1 aliphatic heterocycles. The lowest BCUT2D eigenvalue weighted by Crippen LogP contribution is -2.38. The van der Waals surface area contributed by atoms with Crippen molar-refractivity contribution in [3.05, 3.63) is 27.7 Å². The minimum atomic E-state index is -3.49. The van der Waals surface area contributed by atoms with E-state index in [0.717, 1.165) is 39.9 Å². The van der Waals surface area contributed by atoms with Crippen LogP contribution >= 0.6 is 27.7 Å². The zero-order valence-electron chi connectivity index (χ0n) is 11.4. The van der Waals surface area contributed by atoms with Crippen LogP contribution in [0.3, 0.4) is 0 Å². The van der Waals surface area contributed by atoms with Crippen molar-refractivity contribution in [1.29, 1.82) is 0 Å². The Morgan fingerprint density at radius 3 is 2.85 bits per heavy atom. The van der Waals surface area contributed by atoms with Crippen molar-refractivity contribution >= 4 is 37.7 Å². The van der Waals surface area contributed by atoms with Crippen LogP contribution in [0.4, 0.5) is 0 Å². The number of nitrogens with one attached hydrogen (secondary N) is 1. The SMILES string of the molecule is Cc1c(Br)cc(CN)cc1S(=O)(=O)NC1CCCSC1. The highest BCUT2D eigenvalue weighted by Crippen LogP contribution is 2.27. The third-order valence-corrected chi connectivity index (χ3v) is 7.05. The fourth-order valence-electron chi connectivity index (χ4n) is 2.22. The third kappa shape index (κ3) is 3.76. The highest BCUT2D eigenvalue weighted by Gasteiger charge is 2.24. The van der Waals surface area contributed by atoms with E-state index in [1.54, 1.807) is 24.8 Å². The largest absolute Gasteiger partial charge is 0.326 e. The first-order chi connectivity index (χ1) is 9.44. The molecule has 1 unspecified atom stereocenters. The molecule has 0 radical (unpaired) electrons. The molecule has 3 N–H and O–H groups in total. The summed E-state index contributed by atoms with van der Waals surface area (Å²) in [7, 11) is -3.49. The quantitative estimate of drug-likeness (QED) is 0.843. The van der Waals surface area contributed by atoms with Crippen LogP contribution in [-0.4, -0.2) is 26.0 Å². The number of rotatable bonds is 4. The standard InChI is InChI=1S/C13H19BrN2O2S2/c1-9-12(14)5-10(7-15)6-13(9)20(17,18)16-11-3-2-4-19-8-11/h5-6,11,16H,2-4,7-8,15H2,1H3. The van der Waals surface area contributed by atoms with Gasteiger partial charge in [0.2, 0.25) is 10.0 Å². The molecule has 0 aliphatic carbocycles. The van der Waals surface area contributed by atoms with Crippen LogP contribution in [0.25, 0.3) is 0 Å². The smallest absolute Gasteiger partial charge is 0.241 e. The van der Waals surface area contributed by atoms with Crippen molar-refractivity contribution in [1.82, 2.24) is 4.72 Å². The predicted octanol–water partition coefficient (Wildman–Crippen LogP) is 2.39. The highest BCUT2D eigenvalue weighted by atomic mass is 79.9. The van der Waals surface area contributed by atoms with Gasteiger partial charge in [0.25, 0.3) is 0 Å². The molecule has 1 saturated heterocycles. The molecule has 7 heteroatoms. The lowest BCUT2D eigenvalue weighted by molar-refractivity contribution is 0.542. The topological polar surface area (TPSA) is 72.2 Å². The van der Waals surface area contributed by atoms with E-state index in [2.05, 4.69) is 20.7 Å². The van der Waals surface area contributed by atoms with Gasteiger partial charge in [-0.2, -0.15) is 11.8 Å². The number of hydrogen-bond acceptors (Lipinski definition) is 4. The molecule has 0 saturated carbocycles. The van der Waals surface area contributed by atoms with Crippen molar-refractivity contribution in [3.63, 3.8) is 0 Å². The van der Waals surface area contributed by atoms with E-state index in [1.807, 2.05) is 6.07 Å². The molecule has 1 atom stereocenters. The van der Waals surface area contributed by atoms with Crippen LogP contribution in [0.2, 0.25) is 0 Å². The van der Waals surface area contributed by atoms with Gasteiger partial charge in [0.15, 0.2) is 0 Å². The van der Waals surface area contributed by atoms with Crippen molar-refractivity contribution in [2.24, 2.45) is 5.73 Å². The maximum atomic E-state index is 12.6. The zero-order valence-corrected chi connectivity index (χ0v) is 14.6. The van der Waals surface area contributed by atoms with Crippen LogP contribution < -0.4 is 10.5 Å². The van der Waals surface area contributed by atoms with Gasteiger partial charge < -0.3 is 5.73 Å².